The van der Waals surface area contributed by atoms with Gasteiger partial charge in [0, 0.05) is 46.9 Å². The van der Waals surface area contributed by atoms with E-state index in [1.54, 1.807) is 30.3 Å². The Kier molecular flexibility index (Phi) is 7.92. The van der Waals surface area contributed by atoms with Crippen LogP contribution in [0.2, 0.25) is 10.0 Å². The van der Waals surface area contributed by atoms with Crippen molar-refractivity contribution < 1.29 is 18.7 Å². The lowest BCUT2D eigenvalue weighted by molar-refractivity contribution is -0.129. The Balaban J connectivity index is 1.48. The Morgan fingerprint density at radius 1 is 1.16 bits per heavy atom. The minimum absolute atomic E-state index is 0.0189. The largest absolute Gasteiger partial charge is 0.465 e. The lowest BCUT2D eigenvalue weighted by Gasteiger charge is -2.46. The number of carbonyl (C=O) groups is 2. The maximum Gasteiger partial charge on any atom is 0.337 e. The second-order valence-corrected chi connectivity index (χ2v) is 13.1. The lowest BCUT2D eigenvalue weighted by atomic mass is 9.71. The molecule has 1 amide bonds. The van der Waals surface area contributed by atoms with E-state index >= 15 is 4.39 Å². The quantitative estimate of drug-likeness (QED) is 0.218. The molecule has 2 saturated heterocycles. The number of nitrogens with zero attached hydrogens (tertiary/aromatic N) is 1. The van der Waals surface area contributed by atoms with E-state index in [4.69, 9.17) is 33.7 Å². The Morgan fingerprint density at radius 3 is 2.67 bits per heavy atom. The first-order valence-electron chi connectivity index (χ1n) is 14.6. The molecule has 0 aliphatic carbocycles. The Labute approximate surface area is 260 Å². The number of nitrogens with two attached hydrogens (primary N) is 1. The molecule has 6 rings (SSSR count). The van der Waals surface area contributed by atoms with Gasteiger partial charge in [-0.15, -0.1) is 0 Å². The van der Waals surface area contributed by atoms with Crippen LogP contribution in [0.15, 0.2) is 54.6 Å². The molecule has 1 spiro atoms. The van der Waals surface area contributed by atoms with E-state index in [-0.39, 0.29) is 29.1 Å². The summed E-state index contributed by atoms with van der Waals surface area (Å²) in [6.07, 6.45) is 1.90. The fourth-order valence-electron chi connectivity index (χ4n) is 7.44. The average Bonchev–Trinajstić information content (AvgIpc) is 3.49. The summed E-state index contributed by atoms with van der Waals surface area (Å²) >= 11 is 12.6. The predicted molar refractivity (Wildman–Crippen MR) is 167 cm³/mol. The molecule has 2 fully saturated rings. The standard InChI is InChI=1S/C33H35Cl2FN4O3/c1-17(2)11-12-40-27-15-26(21-10-8-18(13-24(21)37)31(41)43-3)38-30(27)28(22-5-4-6-23(35)29(22)36)33(40)16-19-7-9-20(34)14-25(19)39-32(33)42/h4-10,13-14,17,26-28,30,38H,11-12,15-16,37H2,1-3H3,(H,39,42)/t26?,27-,28-,30+,33+/m0/s1. The van der Waals surface area contributed by atoms with Crippen molar-refractivity contribution in [2.45, 2.75) is 62.7 Å². The summed E-state index contributed by atoms with van der Waals surface area (Å²) in [5.74, 6) is -1.32. The number of halogens is 3. The number of methoxy groups -OCH3 is 1. The number of benzene rings is 3. The number of nitrogens with one attached hydrogen (secondary N) is 2. The van der Waals surface area contributed by atoms with Crippen molar-refractivity contribution in [3.63, 3.8) is 0 Å². The first-order chi connectivity index (χ1) is 20.5. The van der Waals surface area contributed by atoms with Gasteiger partial charge in [0.1, 0.15) is 11.4 Å². The smallest absolute Gasteiger partial charge is 0.337 e. The summed E-state index contributed by atoms with van der Waals surface area (Å²) in [7, 11) is 1.33. The highest BCUT2D eigenvalue weighted by Gasteiger charge is 2.66. The van der Waals surface area contributed by atoms with Crippen LogP contribution < -0.4 is 16.4 Å². The van der Waals surface area contributed by atoms with E-state index in [1.807, 2.05) is 18.2 Å². The highest BCUT2D eigenvalue weighted by atomic mass is 35.5. The van der Waals surface area contributed by atoms with Crippen LogP contribution in [0.1, 0.15) is 65.7 Å². The van der Waals surface area contributed by atoms with E-state index < -0.39 is 23.2 Å². The van der Waals surface area contributed by atoms with Gasteiger partial charge >= 0.3 is 5.97 Å². The maximum absolute atomic E-state index is 16.0. The monoisotopic (exact) mass is 624 g/mol. The molecule has 10 heteroatoms. The molecule has 1 unspecified atom stereocenters. The molecule has 43 heavy (non-hydrogen) atoms. The van der Waals surface area contributed by atoms with Crippen LogP contribution in [0.3, 0.4) is 0 Å². The van der Waals surface area contributed by atoms with Crippen LogP contribution >= 0.6 is 23.2 Å². The summed E-state index contributed by atoms with van der Waals surface area (Å²) in [6, 6.07) is 15.2. The second kappa shape index (κ2) is 11.4. The molecule has 0 radical (unpaired) electrons. The normalized spacial score (nSPS) is 26.4. The topological polar surface area (TPSA) is 96.7 Å². The SMILES string of the molecule is COC(=O)c1ccc(C2C[C@H]3[C@@H](N2)[C@H](c2cccc(Cl)c2F)[C@@]2(Cc4ccc(Cl)cc4NC2=O)N3CCC(C)C)c(N)c1. The summed E-state index contributed by atoms with van der Waals surface area (Å²) in [5, 5.41) is 7.45. The van der Waals surface area contributed by atoms with Crippen molar-refractivity contribution in [2.75, 3.05) is 24.7 Å². The van der Waals surface area contributed by atoms with Gasteiger partial charge in [-0.3, -0.25) is 9.69 Å². The van der Waals surface area contributed by atoms with Crippen molar-refractivity contribution >= 4 is 46.5 Å². The van der Waals surface area contributed by atoms with Crippen LogP contribution in [-0.4, -0.2) is 48.1 Å². The number of nitrogen functional groups attached to an aromatic ring is 1. The number of anilines is 2. The van der Waals surface area contributed by atoms with Crippen molar-refractivity contribution in [2.24, 2.45) is 5.92 Å². The zero-order valence-corrected chi connectivity index (χ0v) is 25.8. The zero-order chi connectivity index (χ0) is 30.6. The summed E-state index contributed by atoms with van der Waals surface area (Å²) in [6.45, 7) is 4.97. The Hall–Kier alpha value is -3.17. The van der Waals surface area contributed by atoms with Gasteiger partial charge in [0.05, 0.1) is 17.7 Å². The molecule has 4 N–H and O–H groups in total. The molecule has 3 aliphatic rings. The number of hydrogen-bond donors (Lipinski definition) is 3. The molecule has 3 aliphatic heterocycles. The number of ether oxygens (including phenoxy) is 1. The minimum Gasteiger partial charge on any atom is -0.465 e. The van der Waals surface area contributed by atoms with E-state index in [0.29, 0.717) is 52.8 Å². The molecule has 0 aromatic heterocycles. The molecule has 3 heterocycles. The van der Waals surface area contributed by atoms with Crippen LogP contribution in [0.25, 0.3) is 0 Å². The lowest BCUT2D eigenvalue weighted by Crippen LogP contribution is -2.61. The van der Waals surface area contributed by atoms with Gasteiger partial charge in [-0.2, -0.15) is 0 Å². The third-order valence-corrected chi connectivity index (χ3v) is 9.92. The molecule has 7 nitrogen and oxygen atoms in total. The third-order valence-electron chi connectivity index (χ3n) is 9.39. The molecule has 226 valence electrons. The van der Waals surface area contributed by atoms with Gasteiger partial charge in [-0.1, -0.05) is 61.3 Å². The van der Waals surface area contributed by atoms with Gasteiger partial charge < -0.3 is 21.1 Å². The zero-order valence-electron chi connectivity index (χ0n) is 24.3. The summed E-state index contributed by atoms with van der Waals surface area (Å²) in [4.78, 5) is 28.9. The Morgan fingerprint density at radius 2 is 1.95 bits per heavy atom. The molecule has 0 bridgehead atoms. The molecular formula is C33H35Cl2FN4O3. The van der Waals surface area contributed by atoms with E-state index in [9.17, 15) is 9.59 Å². The van der Waals surface area contributed by atoms with Crippen LogP contribution in [0, 0.1) is 11.7 Å². The van der Waals surface area contributed by atoms with Crippen LogP contribution in [0.5, 0.6) is 0 Å². The first-order valence-corrected chi connectivity index (χ1v) is 15.3. The number of fused-ring (bicyclic) bond motifs is 2. The van der Waals surface area contributed by atoms with Crippen LogP contribution in [0.4, 0.5) is 15.8 Å². The molecule has 0 saturated carbocycles. The van der Waals surface area contributed by atoms with E-state index in [2.05, 4.69) is 29.4 Å². The molecule has 5 atom stereocenters. The minimum atomic E-state index is -1.07. The fourth-order valence-corrected chi connectivity index (χ4v) is 7.80. The van der Waals surface area contributed by atoms with Gasteiger partial charge in [0.25, 0.3) is 0 Å². The number of rotatable bonds is 6. The Bertz CT molecular complexity index is 1600. The van der Waals surface area contributed by atoms with E-state index in [1.165, 1.54) is 13.2 Å². The highest BCUT2D eigenvalue weighted by Crippen LogP contribution is 2.56. The second-order valence-electron chi connectivity index (χ2n) is 12.2. The molecule has 3 aromatic rings. The van der Waals surface area contributed by atoms with Crippen molar-refractivity contribution in [3.05, 3.63) is 92.7 Å². The number of hydrogen-bond acceptors (Lipinski definition) is 6. The van der Waals surface area contributed by atoms with E-state index in [0.717, 1.165) is 17.5 Å². The van der Waals surface area contributed by atoms with Crippen LogP contribution in [-0.2, 0) is 16.0 Å². The maximum atomic E-state index is 16.0. The fraction of sp³-hybridized carbons (Fsp3) is 0.394. The van der Waals surface area contributed by atoms with Crippen molar-refractivity contribution in [1.29, 1.82) is 0 Å². The number of likely N-dealkylation sites (tertiary alicyclic amines) is 1. The summed E-state index contributed by atoms with van der Waals surface area (Å²) in [5.41, 5.74) is 9.12. The van der Waals surface area contributed by atoms with Gasteiger partial charge in [0.2, 0.25) is 5.91 Å². The van der Waals surface area contributed by atoms with Gasteiger partial charge in [-0.25, -0.2) is 9.18 Å². The first kappa shape index (κ1) is 29.9. The average molecular weight is 626 g/mol. The predicted octanol–water partition coefficient (Wildman–Crippen LogP) is 6.35. The van der Waals surface area contributed by atoms with Gasteiger partial charge in [0.15, 0.2) is 0 Å². The highest BCUT2D eigenvalue weighted by molar-refractivity contribution is 6.31. The van der Waals surface area contributed by atoms with Crippen molar-refractivity contribution in [1.82, 2.24) is 10.2 Å². The number of carbonyl (C=O) groups excluding carboxylic acids is 2. The van der Waals surface area contributed by atoms with Crippen molar-refractivity contribution in [3.8, 4) is 0 Å². The van der Waals surface area contributed by atoms with Gasteiger partial charge in [-0.05, 0) is 72.3 Å². The molecule has 3 aromatic carbocycles. The third kappa shape index (κ3) is 4.98. The molecular weight excluding hydrogens is 590 g/mol. The number of amides is 1. The summed E-state index contributed by atoms with van der Waals surface area (Å²) < 4.78 is 20.9. The number of esters is 1.